The summed E-state index contributed by atoms with van der Waals surface area (Å²) < 4.78 is 27.5. The first kappa shape index (κ1) is 19.4. The second-order valence-electron chi connectivity index (χ2n) is 7.77. The SMILES string of the molecule is Cc1ccc(S(=O)(=O)N2CCCCC2)cc1C(=O)N1CCCC(C)CC1. The van der Waals surface area contributed by atoms with Gasteiger partial charge in [-0.25, -0.2) is 8.42 Å². The Bertz CT molecular complexity index is 754. The zero-order valence-corrected chi connectivity index (χ0v) is 16.7. The number of aryl methyl sites for hydroxylation is 1. The molecule has 0 saturated carbocycles. The molecule has 2 aliphatic rings. The molecule has 2 fully saturated rings. The Morgan fingerprint density at radius 3 is 2.46 bits per heavy atom. The van der Waals surface area contributed by atoms with E-state index in [4.69, 9.17) is 0 Å². The smallest absolute Gasteiger partial charge is 0.254 e. The van der Waals surface area contributed by atoms with Crippen LogP contribution in [0.15, 0.2) is 23.1 Å². The molecule has 0 radical (unpaired) electrons. The first-order chi connectivity index (χ1) is 12.4. The van der Waals surface area contributed by atoms with Gasteiger partial charge in [0, 0.05) is 31.7 Å². The Morgan fingerprint density at radius 2 is 1.73 bits per heavy atom. The molecule has 0 spiro atoms. The van der Waals surface area contributed by atoms with Crippen LogP contribution in [-0.2, 0) is 10.0 Å². The Morgan fingerprint density at radius 1 is 1.00 bits per heavy atom. The van der Waals surface area contributed by atoms with E-state index in [1.165, 1.54) is 0 Å². The van der Waals surface area contributed by atoms with Gasteiger partial charge in [-0.3, -0.25) is 4.79 Å². The van der Waals surface area contributed by atoms with Crippen molar-refractivity contribution in [1.82, 2.24) is 9.21 Å². The fourth-order valence-corrected chi connectivity index (χ4v) is 5.43. The molecule has 1 aromatic carbocycles. The van der Waals surface area contributed by atoms with Crippen molar-refractivity contribution in [3.8, 4) is 0 Å². The number of piperidine rings is 1. The summed E-state index contributed by atoms with van der Waals surface area (Å²) in [6, 6.07) is 5.00. The van der Waals surface area contributed by atoms with Gasteiger partial charge in [-0.2, -0.15) is 4.31 Å². The topological polar surface area (TPSA) is 57.7 Å². The molecule has 1 atom stereocenters. The number of amides is 1. The van der Waals surface area contributed by atoms with Gasteiger partial charge >= 0.3 is 0 Å². The molecule has 0 aliphatic carbocycles. The van der Waals surface area contributed by atoms with Crippen molar-refractivity contribution >= 4 is 15.9 Å². The molecule has 144 valence electrons. The minimum absolute atomic E-state index is 0.0349. The lowest BCUT2D eigenvalue weighted by atomic mass is 10.0. The highest BCUT2D eigenvalue weighted by atomic mass is 32.2. The zero-order chi connectivity index (χ0) is 18.7. The average molecular weight is 379 g/mol. The van der Waals surface area contributed by atoms with Crippen molar-refractivity contribution < 1.29 is 13.2 Å². The van der Waals surface area contributed by atoms with Crippen LogP contribution in [0.3, 0.4) is 0 Å². The predicted octanol–water partition coefficient (Wildman–Crippen LogP) is 3.43. The number of hydrogen-bond acceptors (Lipinski definition) is 3. The summed E-state index contributed by atoms with van der Waals surface area (Å²) in [6.45, 7) is 6.76. The molecule has 0 bridgehead atoms. The molecule has 2 aliphatic heterocycles. The largest absolute Gasteiger partial charge is 0.339 e. The number of likely N-dealkylation sites (tertiary alicyclic amines) is 1. The van der Waals surface area contributed by atoms with Crippen LogP contribution >= 0.6 is 0 Å². The predicted molar refractivity (Wildman–Crippen MR) is 103 cm³/mol. The molecular formula is C20H30N2O3S. The maximum absolute atomic E-state index is 13.1. The second-order valence-corrected chi connectivity index (χ2v) is 9.71. The fourth-order valence-electron chi connectivity index (χ4n) is 3.88. The van der Waals surface area contributed by atoms with Crippen molar-refractivity contribution in [1.29, 1.82) is 0 Å². The van der Waals surface area contributed by atoms with Gasteiger partial charge < -0.3 is 4.90 Å². The van der Waals surface area contributed by atoms with E-state index in [1.807, 2.05) is 11.8 Å². The van der Waals surface area contributed by atoms with Crippen LogP contribution in [0.2, 0.25) is 0 Å². The highest BCUT2D eigenvalue weighted by Crippen LogP contribution is 2.25. The van der Waals surface area contributed by atoms with E-state index in [9.17, 15) is 13.2 Å². The van der Waals surface area contributed by atoms with Crippen molar-refractivity contribution in [2.45, 2.75) is 57.3 Å². The Hall–Kier alpha value is -1.40. The number of benzene rings is 1. The Balaban J connectivity index is 1.86. The lowest BCUT2D eigenvalue weighted by molar-refractivity contribution is 0.0759. The lowest BCUT2D eigenvalue weighted by Gasteiger charge is -2.26. The highest BCUT2D eigenvalue weighted by molar-refractivity contribution is 7.89. The van der Waals surface area contributed by atoms with Crippen LogP contribution < -0.4 is 0 Å². The molecule has 0 N–H and O–H groups in total. The third kappa shape index (κ3) is 4.12. The average Bonchev–Trinajstić information content (AvgIpc) is 2.86. The molecule has 1 amide bonds. The van der Waals surface area contributed by atoms with E-state index in [2.05, 4.69) is 6.92 Å². The lowest BCUT2D eigenvalue weighted by Crippen LogP contribution is -2.36. The zero-order valence-electron chi connectivity index (χ0n) is 15.9. The van der Waals surface area contributed by atoms with Crippen molar-refractivity contribution in [2.75, 3.05) is 26.2 Å². The van der Waals surface area contributed by atoms with Gasteiger partial charge in [-0.05, 0) is 62.6 Å². The Kier molecular flexibility index (Phi) is 6.03. The van der Waals surface area contributed by atoms with E-state index < -0.39 is 10.0 Å². The molecule has 26 heavy (non-hydrogen) atoms. The van der Waals surface area contributed by atoms with Crippen molar-refractivity contribution in [3.63, 3.8) is 0 Å². The number of rotatable bonds is 3. The van der Waals surface area contributed by atoms with Crippen molar-refractivity contribution in [2.24, 2.45) is 5.92 Å². The summed E-state index contributed by atoms with van der Waals surface area (Å²) in [5.74, 6) is 0.604. The standard InChI is InChI=1S/C20H30N2O3S/c1-16-7-6-11-21(14-10-16)20(23)19-15-18(9-8-17(19)2)26(24,25)22-12-4-3-5-13-22/h8-9,15-16H,3-7,10-14H2,1-2H3. The quantitative estimate of drug-likeness (QED) is 0.810. The number of hydrogen-bond donors (Lipinski definition) is 0. The summed E-state index contributed by atoms with van der Waals surface area (Å²) in [5, 5.41) is 0. The maximum atomic E-state index is 13.1. The number of carbonyl (C=O) groups excluding carboxylic acids is 1. The highest BCUT2D eigenvalue weighted by Gasteiger charge is 2.28. The number of nitrogens with zero attached hydrogens (tertiary/aromatic N) is 2. The van der Waals surface area contributed by atoms with Crippen LogP contribution in [0.4, 0.5) is 0 Å². The van der Waals surface area contributed by atoms with Crippen LogP contribution in [0.5, 0.6) is 0 Å². The monoisotopic (exact) mass is 378 g/mol. The van der Waals surface area contributed by atoms with Gasteiger partial charge in [0.05, 0.1) is 4.90 Å². The summed E-state index contributed by atoms with van der Waals surface area (Å²) in [6.07, 6.45) is 6.06. The summed E-state index contributed by atoms with van der Waals surface area (Å²) >= 11 is 0. The summed E-state index contributed by atoms with van der Waals surface area (Å²) in [7, 11) is -3.52. The van der Waals surface area contributed by atoms with Crippen LogP contribution in [0, 0.1) is 12.8 Å². The van der Waals surface area contributed by atoms with Gasteiger partial charge in [0.2, 0.25) is 10.0 Å². The Labute approximate surface area is 157 Å². The normalized spacial score (nSPS) is 22.8. The molecule has 2 saturated heterocycles. The maximum Gasteiger partial charge on any atom is 0.254 e. The molecule has 6 heteroatoms. The number of sulfonamides is 1. The molecule has 5 nitrogen and oxygen atoms in total. The van der Waals surface area contributed by atoms with E-state index in [-0.39, 0.29) is 10.8 Å². The molecule has 3 rings (SSSR count). The molecule has 2 heterocycles. The van der Waals surface area contributed by atoms with Crippen LogP contribution in [0.1, 0.15) is 61.4 Å². The fraction of sp³-hybridized carbons (Fsp3) is 0.650. The number of carbonyl (C=O) groups is 1. The van der Waals surface area contributed by atoms with Crippen LogP contribution in [0.25, 0.3) is 0 Å². The third-order valence-corrected chi connectivity index (χ3v) is 7.59. The van der Waals surface area contributed by atoms with E-state index >= 15 is 0 Å². The molecule has 1 aromatic rings. The first-order valence-corrected chi connectivity index (χ1v) is 11.2. The van der Waals surface area contributed by atoms with Crippen molar-refractivity contribution in [3.05, 3.63) is 29.3 Å². The van der Waals surface area contributed by atoms with E-state index in [0.717, 1.165) is 57.2 Å². The van der Waals surface area contributed by atoms with Gasteiger partial charge in [0.15, 0.2) is 0 Å². The van der Waals surface area contributed by atoms with Gasteiger partial charge in [-0.1, -0.05) is 19.4 Å². The second kappa shape index (κ2) is 8.09. The third-order valence-electron chi connectivity index (χ3n) is 5.70. The minimum atomic E-state index is -3.52. The van der Waals surface area contributed by atoms with E-state index in [1.54, 1.807) is 22.5 Å². The summed E-state index contributed by atoms with van der Waals surface area (Å²) in [4.78, 5) is 15.2. The minimum Gasteiger partial charge on any atom is -0.339 e. The van der Waals surface area contributed by atoms with E-state index in [0.29, 0.717) is 24.6 Å². The molecule has 1 unspecified atom stereocenters. The molecule has 0 aromatic heterocycles. The summed E-state index contributed by atoms with van der Waals surface area (Å²) in [5.41, 5.74) is 1.36. The van der Waals surface area contributed by atoms with Gasteiger partial charge in [-0.15, -0.1) is 0 Å². The van der Waals surface area contributed by atoms with Gasteiger partial charge in [0.1, 0.15) is 0 Å². The van der Waals surface area contributed by atoms with Gasteiger partial charge in [0.25, 0.3) is 5.91 Å². The first-order valence-electron chi connectivity index (χ1n) is 9.79. The molecular weight excluding hydrogens is 348 g/mol. The van der Waals surface area contributed by atoms with Crippen LogP contribution in [-0.4, -0.2) is 49.7 Å².